The molecule has 0 spiro atoms. The number of nitrogens with zero attached hydrogens (tertiary/aromatic N) is 4. The van der Waals surface area contributed by atoms with Crippen LogP contribution in [0.4, 0.5) is 11.6 Å². The van der Waals surface area contributed by atoms with Crippen molar-refractivity contribution in [2.75, 3.05) is 29.4 Å². The predicted octanol–water partition coefficient (Wildman–Crippen LogP) is 4.25. The number of hydrazone groups is 1. The molecular weight excluding hydrogens is 529 g/mol. The summed E-state index contributed by atoms with van der Waals surface area (Å²) in [5.41, 5.74) is 3.88. The highest BCUT2D eigenvalue weighted by Gasteiger charge is 2.13. The number of nitrogens with two attached hydrogens (primary N) is 1. The third-order valence-electron chi connectivity index (χ3n) is 3.76. The molecule has 3 aromatic rings. The first-order valence-corrected chi connectivity index (χ1v) is 11.1. The largest absolute Gasteiger partial charge is 0.496 e. The first-order valence-electron chi connectivity index (χ1n) is 8.58. The monoisotopic (exact) mass is 543 g/mol. The summed E-state index contributed by atoms with van der Waals surface area (Å²) in [4.78, 5) is 12.2. The van der Waals surface area contributed by atoms with Gasteiger partial charge in [0.2, 0.25) is 11.1 Å². The minimum absolute atomic E-state index is 0.0384. The Bertz CT molecular complexity index is 1130. The zero-order valence-electron chi connectivity index (χ0n) is 16.0. The van der Waals surface area contributed by atoms with E-state index >= 15 is 0 Å². The van der Waals surface area contributed by atoms with E-state index in [0.717, 1.165) is 21.8 Å². The lowest BCUT2D eigenvalue weighted by molar-refractivity contribution is -0.113. The van der Waals surface area contributed by atoms with Crippen molar-refractivity contribution in [2.45, 2.75) is 5.16 Å². The molecule has 1 heterocycles. The number of amides is 1. The maximum Gasteiger partial charge on any atom is 0.264 e. The van der Waals surface area contributed by atoms with Gasteiger partial charge in [0, 0.05) is 15.1 Å². The van der Waals surface area contributed by atoms with Gasteiger partial charge < -0.3 is 15.9 Å². The van der Waals surface area contributed by atoms with Gasteiger partial charge in [0.05, 0.1) is 29.8 Å². The number of carbonyl (C=O) groups is 1. The van der Waals surface area contributed by atoms with Gasteiger partial charge in [0.1, 0.15) is 5.75 Å². The summed E-state index contributed by atoms with van der Waals surface area (Å²) in [5.74, 6) is 6.57. The van der Waals surface area contributed by atoms with Gasteiger partial charge in [-0.05, 0) is 36.4 Å². The van der Waals surface area contributed by atoms with E-state index < -0.39 is 0 Å². The SMILES string of the molecule is COc1ccc(Br)cc1/C=N/Nc1nnc(SCC(=O)Nc2cc(Cl)ccc2Cl)n1N. The Labute approximate surface area is 200 Å². The molecule has 13 heteroatoms. The number of hydrogen-bond donors (Lipinski definition) is 3. The van der Waals surface area contributed by atoms with Crippen LogP contribution < -0.4 is 21.3 Å². The smallest absolute Gasteiger partial charge is 0.264 e. The van der Waals surface area contributed by atoms with Crippen molar-refractivity contribution < 1.29 is 9.53 Å². The number of thioether (sulfide) groups is 1. The average molecular weight is 545 g/mol. The van der Waals surface area contributed by atoms with E-state index in [2.05, 4.69) is 42.0 Å². The van der Waals surface area contributed by atoms with Crippen LogP contribution in [0.3, 0.4) is 0 Å². The molecule has 4 N–H and O–H groups in total. The lowest BCUT2D eigenvalue weighted by Gasteiger charge is -2.07. The number of rotatable bonds is 8. The Hall–Kier alpha value is -2.47. The van der Waals surface area contributed by atoms with Crippen molar-refractivity contribution in [3.05, 3.63) is 56.5 Å². The van der Waals surface area contributed by atoms with Crippen LogP contribution in [0.15, 0.2) is 51.1 Å². The molecule has 1 aromatic heterocycles. The molecule has 0 radical (unpaired) electrons. The third kappa shape index (κ3) is 6.26. The lowest BCUT2D eigenvalue weighted by Crippen LogP contribution is -2.17. The second-order valence-electron chi connectivity index (χ2n) is 5.89. The van der Waals surface area contributed by atoms with E-state index in [1.807, 2.05) is 18.2 Å². The normalized spacial score (nSPS) is 11.0. The second-order valence-corrected chi connectivity index (χ2v) is 8.60. The number of aromatic nitrogens is 3. The molecule has 3 rings (SSSR count). The molecule has 0 aliphatic rings. The molecule has 0 aliphatic heterocycles. The molecule has 0 bridgehead atoms. The topological polar surface area (TPSA) is 119 Å². The Kier molecular flexibility index (Phi) is 8.02. The van der Waals surface area contributed by atoms with Gasteiger partial charge in [-0.3, -0.25) is 4.79 Å². The van der Waals surface area contributed by atoms with E-state index in [9.17, 15) is 4.79 Å². The maximum atomic E-state index is 12.2. The van der Waals surface area contributed by atoms with Crippen molar-refractivity contribution in [2.24, 2.45) is 5.10 Å². The predicted molar refractivity (Wildman–Crippen MR) is 128 cm³/mol. The fourth-order valence-electron chi connectivity index (χ4n) is 2.33. The highest BCUT2D eigenvalue weighted by molar-refractivity contribution is 9.10. The number of hydrogen-bond acceptors (Lipinski definition) is 8. The minimum atomic E-state index is -0.300. The first-order chi connectivity index (χ1) is 14.9. The molecule has 2 aromatic carbocycles. The number of carbonyl (C=O) groups excluding carboxylic acids is 1. The van der Waals surface area contributed by atoms with Crippen molar-refractivity contribution in [1.29, 1.82) is 0 Å². The summed E-state index contributed by atoms with van der Waals surface area (Å²) < 4.78 is 7.36. The number of nitrogen functional groups attached to an aromatic ring is 1. The standard InChI is InChI=1S/C18H16BrCl2N7O2S/c1-30-15-5-2-11(19)6-10(15)8-23-25-17-26-27-18(28(17)22)31-9-16(29)24-14-7-12(20)3-4-13(14)21/h2-8H,9,22H2,1H3,(H,24,29)(H,25,26)/b23-8+. The molecule has 31 heavy (non-hydrogen) atoms. The zero-order valence-corrected chi connectivity index (χ0v) is 19.9. The van der Waals surface area contributed by atoms with Crippen molar-refractivity contribution >= 4 is 74.7 Å². The molecule has 0 fully saturated rings. The summed E-state index contributed by atoms with van der Waals surface area (Å²) in [7, 11) is 1.57. The van der Waals surface area contributed by atoms with Gasteiger partial charge >= 0.3 is 0 Å². The van der Waals surface area contributed by atoms with E-state index in [1.54, 1.807) is 31.5 Å². The van der Waals surface area contributed by atoms with Crippen LogP contribution >= 0.6 is 50.9 Å². The molecule has 0 saturated carbocycles. The molecule has 0 atom stereocenters. The number of ether oxygens (including phenoxy) is 1. The fourth-order valence-corrected chi connectivity index (χ4v) is 3.70. The molecule has 1 amide bonds. The van der Waals surface area contributed by atoms with Crippen LogP contribution in [-0.4, -0.2) is 39.9 Å². The highest BCUT2D eigenvalue weighted by Crippen LogP contribution is 2.26. The number of nitrogens with one attached hydrogen (secondary N) is 2. The molecule has 0 aliphatic carbocycles. The Balaban J connectivity index is 1.58. The van der Waals surface area contributed by atoms with E-state index in [0.29, 0.717) is 26.6 Å². The Morgan fingerprint density at radius 2 is 2.13 bits per heavy atom. The highest BCUT2D eigenvalue weighted by atomic mass is 79.9. The maximum absolute atomic E-state index is 12.2. The quantitative estimate of drug-likeness (QED) is 0.168. The summed E-state index contributed by atoms with van der Waals surface area (Å²) >= 11 is 16.5. The van der Waals surface area contributed by atoms with Crippen LogP contribution in [0.1, 0.15) is 5.56 Å². The van der Waals surface area contributed by atoms with Crippen LogP contribution in [0.5, 0.6) is 5.75 Å². The van der Waals surface area contributed by atoms with Crippen LogP contribution in [0, 0.1) is 0 Å². The van der Waals surface area contributed by atoms with Gasteiger partial charge in [-0.1, -0.05) is 50.9 Å². The van der Waals surface area contributed by atoms with E-state index in [1.165, 1.54) is 4.68 Å². The summed E-state index contributed by atoms with van der Waals surface area (Å²) in [5, 5.41) is 15.9. The van der Waals surface area contributed by atoms with Crippen LogP contribution in [0.25, 0.3) is 0 Å². The van der Waals surface area contributed by atoms with Gasteiger partial charge in [0.25, 0.3) is 5.95 Å². The van der Waals surface area contributed by atoms with Crippen molar-refractivity contribution in [1.82, 2.24) is 14.9 Å². The fraction of sp³-hybridized carbons (Fsp3) is 0.111. The van der Waals surface area contributed by atoms with E-state index in [-0.39, 0.29) is 17.6 Å². The Morgan fingerprint density at radius 1 is 1.32 bits per heavy atom. The summed E-state index contributed by atoms with van der Waals surface area (Å²) in [6.07, 6.45) is 1.56. The molecule has 0 saturated heterocycles. The summed E-state index contributed by atoms with van der Waals surface area (Å²) in [6.45, 7) is 0. The van der Waals surface area contributed by atoms with Gasteiger partial charge in [-0.2, -0.15) is 5.10 Å². The van der Waals surface area contributed by atoms with E-state index in [4.69, 9.17) is 33.8 Å². The number of methoxy groups -OCH3 is 1. The second kappa shape index (κ2) is 10.7. The number of halogens is 3. The summed E-state index contributed by atoms with van der Waals surface area (Å²) in [6, 6.07) is 10.3. The number of anilines is 2. The Morgan fingerprint density at radius 3 is 2.90 bits per heavy atom. The van der Waals surface area contributed by atoms with Crippen molar-refractivity contribution in [3.8, 4) is 5.75 Å². The molecule has 162 valence electrons. The first kappa shape index (κ1) is 23.2. The van der Waals surface area contributed by atoms with Gasteiger partial charge in [-0.15, -0.1) is 10.2 Å². The van der Waals surface area contributed by atoms with Gasteiger partial charge in [0.15, 0.2) is 0 Å². The van der Waals surface area contributed by atoms with Gasteiger partial charge in [-0.25, -0.2) is 10.1 Å². The molecule has 9 nitrogen and oxygen atoms in total. The van der Waals surface area contributed by atoms with Crippen LogP contribution in [0.2, 0.25) is 10.0 Å². The third-order valence-corrected chi connectivity index (χ3v) is 5.76. The zero-order chi connectivity index (χ0) is 22.4. The van der Waals surface area contributed by atoms with Crippen molar-refractivity contribution in [3.63, 3.8) is 0 Å². The average Bonchev–Trinajstić information content (AvgIpc) is 3.09. The molecule has 0 unspecified atom stereocenters. The molecular formula is C18H16BrCl2N7O2S. The lowest BCUT2D eigenvalue weighted by atomic mass is 10.2. The number of benzene rings is 2. The minimum Gasteiger partial charge on any atom is -0.496 e. The van der Waals surface area contributed by atoms with Crippen LogP contribution in [-0.2, 0) is 4.79 Å².